The fraction of sp³-hybridized carbons (Fsp3) is 0.667. The molecule has 1 amide bonds. The van der Waals surface area contributed by atoms with Crippen LogP contribution in [0.25, 0.3) is 0 Å². The van der Waals surface area contributed by atoms with Gasteiger partial charge in [0.15, 0.2) is 0 Å². The summed E-state index contributed by atoms with van der Waals surface area (Å²) in [7, 11) is 0. The molecule has 19 heavy (non-hydrogen) atoms. The van der Waals surface area contributed by atoms with Crippen LogP contribution in [0.5, 0.6) is 0 Å². The third-order valence-electron chi connectivity index (χ3n) is 3.56. The molecule has 0 unspecified atom stereocenters. The third kappa shape index (κ3) is 4.62. The highest BCUT2D eigenvalue weighted by molar-refractivity contribution is 7.07. The maximum absolute atomic E-state index is 12.1. The molecule has 4 heteroatoms. The number of hydrogen-bond donors (Lipinski definition) is 0. The molecule has 0 bridgehead atoms. The van der Waals surface area contributed by atoms with Crippen LogP contribution >= 0.6 is 11.3 Å². The molecule has 1 saturated heterocycles. The van der Waals surface area contributed by atoms with E-state index in [1.54, 1.807) is 11.3 Å². The summed E-state index contributed by atoms with van der Waals surface area (Å²) in [6, 6.07) is 2.11. The van der Waals surface area contributed by atoms with Gasteiger partial charge in [-0.3, -0.25) is 9.69 Å². The molecule has 2 rings (SSSR count). The molecule has 0 saturated carbocycles. The van der Waals surface area contributed by atoms with Crippen LogP contribution in [0.1, 0.15) is 25.8 Å². The first kappa shape index (κ1) is 14.5. The van der Waals surface area contributed by atoms with Crippen molar-refractivity contribution in [2.45, 2.75) is 26.7 Å². The van der Waals surface area contributed by atoms with E-state index in [0.717, 1.165) is 39.1 Å². The quantitative estimate of drug-likeness (QED) is 0.827. The Morgan fingerprint density at radius 3 is 2.63 bits per heavy atom. The van der Waals surface area contributed by atoms with Crippen LogP contribution in [0, 0.1) is 5.92 Å². The van der Waals surface area contributed by atoms with Gasteiger partial charge >= 0.3 is 0 Å². The Balaban J connectivity index is 1.70. The zero-order valence-corrected chi connectivity index (χ0v) is 12.8. The van der Waals surface area contributed by atoms with E-state index in [1.807, 2.05) is 4.90 Å². The van der Waals surface area contributed by atoms with Gasteiger partial charge in [0, 0.05) is 39.1 Å². The van der Waals surface area contributed by atoms with E-state index in [9.17, 15) is 4.79 Å². The number of aryl methyl sites for hydroxylation is 1. The predicted octanol–water partition coefficient (Wildman–Crippen LogP) is 2.48. The summed E-state index contributed by atoms with van der Waals surface area (Å²) in [5, 5.41) is 4.21. The molecule has 0 aliphatic carbocycles. The highest BCUT2D eigenvalue weighted by Crippen LogP contribution is 2.11. The Kier molecular flexibility index (Phi) is 5.40. The molecule has 0 aromatic carbocycles. The number of piperazine rings is 1. The second-order valence-corrected chi connectivity index (χ2v) is 6.49. The van der Waals surface area contributed by atoms with Crippen LogP contribution in [0.15, 0.2) is 16.8 Å². The number of carbonyl (C=O) groups is 1. The molecular weight excluding hydrogens is 256 g/mol. The average Bonchev–Trinajstić information content (AvgIpc) is 2.89. The summed E-state index contributed by atoms with van der Waals surface area (Å²) in [5.41, 5.74) is 1.29. The molecule has 0 radical (unpaired) electrons. The van der Waals surface area contributed by atoms with E-state index in [4.69, 9.17) is 0 Å². The lowest BCUT2D eigenvalue weighted by molar-refractivity contribution is -0.132. The molecule has 1 aliphatic rings. The van der Waals surface area contributed by atoms with Gasteiger partial charge in [-0.15, -0.1) is 0 Å². The van der Waals surface area contributed by atoms with Crippen molar-refractivity contribution >= 4 is 17.2 Å². The Morgan fingerprint density at radius 2 is 2.05 bits per heavy atom. The number of carbonyl (C=O) groups excluding carboxylic acids is 1. The molecule has 3 nitrogen and oxygen atoms in total. The van der Waals surface area contributed by atoms with Gasteiger partial charge in [0.25, 0.3) is 0 Å². The number of amides is 1. The van der Waals surface area contributed by atoms with Crippen LogP contribution in [-0.4, -0.2) is 48.4 Å². The first-order valence-electron chi connectivity index (χ1n) is 7.16. The third-order valence-corrected chi connectivity index (χ3v) is 4.29. The predicted molar refractivity (Wildman–Crippen MR) is 80.5 cm³/mol. The fourth-order valence-corrected chi connectivity index (χ4v) is 3.24. The van der Waals surface area contributed by atoms with Gasteiger partial charge in [-0.25, -0.2) is 0 Å². The summed E-state index contributed by atoms with van der Waals surface area (Å²) in [4.78, 5) is 16.6. The lowest BCUT2D eigenvalue weighted by atomic mass is 10.1. The van der Waals surface area contributed by atoms with Crippen molar-refractivity contribution in [3.05, 3.63) is 22.4 Å². The number of nitrogens with zero attached hydrogens (tertiary/aromatic N) is 2. The van der Waals surface area contributed by atoms with Crippen LogP contribution in [0.4, 0.5) is 0 Å². The number of hydrogen-bond acceptors (Lipinski definition) is 3. The summed E-state index contributed by atoms with van der Waals surface area (Å²) < 4.78 is 0. The minimum absolute atomic E-state index is 0.315. The van der Waals surface area contributed by atoms with Crippen molar-refractivity contribution in [3.63, 3.8) is 0 Å². The van der Waals surface area contributed by atoms with Crippen molar-refractivity contribution in [1.82, 2.24) is 9.80 Å². The van der Waals surface area contributed by atoms with Crippen LogP contribution < -0.4 is 0 Å². The normalized spacial score (nSPS) is 17.1. The van der Waals surface area contributed by atoms with Gasteiger partial charge in [0.1, 0.15) is 0 Å². The first-order valence-corrected chi connectivity index (χ1v) is 8.10. The average molecular weight is 280 g/mol. The lowest BCUT2D eigenvalue weighted by Crippen LogP contribution is -2.49. The van der Waals surface area contributed by atoms with Crippen molar-refractivity contribution in [2.24, 2.45) is 5.92 Å². The Bertz CT molecular complexity index is 381. The van der Waals surface area contributed by atoms with Gasteiger partial charge in [0.05, 0.1) is 0 Å². The molecule has 1 aliphatic heterocycles. The van der Waals surface area contributed by atoms with Crippen LogP contribution in [0.2, 0.25) is 0 Å². The fourth-order valence-electron chi connectivity index (χ4n) is 2.54. The molecule has 1 fully saturated rings. The molecule has 0 N–H and O–H groups in total. The molecular formula is C15H24N2OS. The summed E-state index contributed by atoms with van der Waals surface area (Å²) in [6.07, 6.45) is 1.54. The van der Waals surface area contributed by atoms with E-state index in [1.165, 1.54) is 5.56 Å². The minimum atomic E-state index is 0.315. The van der Waals surface area contributed by atoms with Gasteiger partial charge < -0.3 is 4.90 Å². The van der Waals surface area contributed by atoms with Crippen molar-refractivity contribution in [3.8, 4) is 0 Å². The second kappa shape index (κ2) is 7.06. The first-order chi connectivity index (χ1) is 9.15. The number of thiophene rings is 1. The Hall–Kier alpha value is -0.870. The van der Waals surface area contributed by atoms with E-state index < -0.39 is 0 Å². The minimum Gasteiger partial charge on any atom is -0.340 e. The van der Waals surface area contributed by atoms with Gasteiger partial charge in [0.2, 0.25) is 5.91 Å². The standard InChI is InChI=1S/C15H24N2OS/c1-13(2)11-16-6-8-17(9-7-16)15(18)4-3-14-5-10-19-12-14/h5,10,12-13H,3-4,6-9,11H2,1-2H3. The van der Waals surface area contributed by atoms with E-state index >= 15 is 0 Å². The summed E-state index contributed by atoms with van der Waals surface area (Å²) in [5.74, 6) is 1.02. The van der Waals surface area contributed by atoms with E-state index in [0.29, 0.717) is 18.2 Å². The molecule has 2 heterocycles. The van der Waals surface area contributed by atoms with Gasteiger partial charge in [-0.1, -0.05) is 13.8 Å². The topological polar surface area (TPSA) is 23.6 Å². The zero-order valence-electron chi connectivity index (χ0n) is 12.0. The van der Waals surface area contributed by atoms with Gasteiger partial charge in [-0.05, 0) is 34.7 Å². The monoisotopic (exact) mass is 280 g/mol. The van der Waals surface area contributed by atoms with E-state index in [2.05, 4.69) is 35.6 Å². The Morgan fingerprint density at radius 1 is 1.32 bits per heavy atom. The second-order valence-electron chi connectivity index (χ2n) is 5.71. The zero-order chi connectivity index (χ0) is 13.7. The van der Waals surface area contributed by atoms with Crippen molar-refractivity contribution < 1.29 is 4.79 Å². The molecule has 0 atom stereocenters. The van der Waals surface area contributed by atoms with E-state index in [-0.39, 0.29) is 0 Å². The number of rotatable bonds is 5. The van der Waals surface area contributed by atoms with Gasteiger partial charge in [-0.2, -0.15) is 11.3 Å². The van der Waals surface area contributed by atoms with Crippen LogP contribution in [-0.2, 0) is 11.2 Å². The largest absolute Gasteiger partial charge is 0.340 e. The van der Waals surface area contributed by atoms with Crippen LogP contribution in [0.3, 0.4) is 0 Å². The summed E-state index contributed by atoms with van der Waals surface area (Å²) in [6.45, 7) is 9.50. The SMILES string of the molecule is CC(C)CN1CCN(C(=O)CCc2ccsc2)CC1. The molecule has 0 spiro atoms. The molecule has 1 aromatic heterocycles. The Labute approximate surface area is 120 Å². The maximum atomic E-state index is 12.1. The van der Waals surface area contributed by atoms with Crippen molar-refractivity contribution in [2.75, 3.05) is 32.7 Å². The summed E-state index contributed by atoms with van der Waals surface area (Å²) >= 11 is 1.70. The highest BCUT2D eigenvalue weighted by atomic mass is 32.1. The lowest BCUT2D eigenvalue weighted by Gasteiger charge is -2.35. The molecule has 106 valence electrons. The maximum Gasteiger partial charge on any atom is 0.222 e. The smallest absolute Gasteiger partial charge is 0.222 e. The highest BCUT2D eigenvalue weighted by Gasteiger charge is 2.20. The van der Waals surface area contributed by atoms with Crippen molar-refractivity contribution in [1.29, 1.82) is 0 Å². The molecule has 1 aromatic rings.